The van der Waals surface area contributed by atoms with E-state index in [4.69, 9.17) is 5.73 Å². The first kappa shape index (κ1) is 16.2. The minimum Gasteiger partial charge on any atom is -0.366 e. The highest BCUT2D eigenvalue weighted by atomic mass is 16.2. The zero-order chi connectivity index (χ0) is 17.1. The van der Waals surface area contributed by atoms with Crippen LogP contribution in [0.4, 0.5) is 0 Å². The van der Waals surface area contributed by atoms with Gasteiger partial charge in [0.05, 0.1) is 11.8 Å². The summed E-state index contributed by atoms with van der Waals surface area (Å²) in [5, 5.41) is 7.21. The smallest absolute Gasteiger partial charge is 0.256 e. The number of nitrogens with two attached hydrogens (primary N) is 1. The third kappa shape index (κ3) is 3.15. The van der Waals surface area contributed by atoms with Gasteiger partial charge >= 0.3 is 0 Å². The van der Waals surface area contributed by atoms with Crippen LogP contribution in [-0.2, 0) is 0 Å². The Kier molecular flexibility index (Phi) is 4.59. The molecule has 2 aromatic heterocycles. The molecule has 1 fully saturated rings. The topological polar surface area (TPSA) is 102 Å². The van der Waals surface area contributed by atoms with Crippen molar-refractivity contribution in [3.05, 3.63) is 42.4 Å². The fourth-order valence-corrected chi connectivity index (χ4v) is 3.30. The van der Waals surface area contributed by atoms with E-state index >= 15 is 0 Å². The van der Waals surface area contributed by atoms with Crippen LogP contribution in [0.25, 0.3) is 5.65 Å². The first-order chi connectivity index (χ1) is 11.6. The molecule has 7 nitrogen and oxygen atoms in total. The molecule has 24 heavy (non-hydrogen) atoms. The lowest BCUT2D eigenvalue weighted by molar-refractivity contribution is 0.0907. The van der Waals surface area contributed by atoms with E-state index in [0.717, 1.165) is 25.7 Å². The highest BCUT2D eigenvalue weighted by molar-refractivity contribution is 6.00. The fourth-order valence-electron chi connectivity index (χ4n) is 3.30. The Morgan fingerprint density at radius 2 is 2.17 bits per heavy atom. The van der Waals surface area contributed by atoms with Gasteiger partial charge in [-0.15, -0.1) is 6.58 Å². The van der Waals surface area contributed by atoms with E-state index in [9.17, 15) is 9.59 Å². The number of primary amides is 1. The van der Waals surface area contributed by atoms with Crippen molar-refractivity contribution in [1.82, 2.24) is 19.9 Å². The van der Waals surface area contributed by atoms with Gasteiger partial charge in [0.15, 0.2) is 5.65 Å². The number of hydrogen-bond acceptors (Lipinski definition) is 4. The molecule has 2 amide bonds. The lowest BCUT2D eigenvalue weighted by atomic mass is 9.82. The van der Waals surface area contributed by atoms with E-state index in [1.54, 1.807) is 0 Å². The van der Waals surface area contributed by atoms with Gasteiger partial charge in [-0.2, -0.15) is 5.10 Å². The number of carbonyl (C=O) groups excluding carboxylic acids is 2. The molecule has 2 heterocycles. The van der Waals surface area contributed by atoms with Gasteiger partial charge in [-0.05, 0) is 25.2 Å². The summed E-state index contributed by atoms with van der Waals surface area (Å²) in [5.41, 5.74) is 6.29. The van der Waals surface area contributed by atoms with Crippen LogP contribution < -0.4 is 11.1 Å². The predicted molar refractivity (Wildman–Crippen MR) is 89.5 cm³/mol. The van der Waals surface area contributed by atoms with Gasteiger partial charge in [0, 0.05) is 18.4 Å². The number of fused-ring (bicyclic) bond motifs is 1. The first-order valence-electron chi connectivity index (χ1n) is 8.15. The van der Waals surface area contributed by atoms with E-state index < -0.39 is 5.91 Å². The summed E-state index contributed by atoms with van der Waals surface area (Å²) in [6.07, 6.45) is 11.5. The second kappa shape index (κ2) is 6.82. The van der Waals surface area contributed by atoms with Gasteiger partial charge in [0.2, 0.25) is 0 Å². The number of rotatable bonds is 5. The quantitative estimate of drug-likeness (QED) is 0.816. The van der Waals surface area contributed by atoms with Gasteiger partial charge in [-0.3, -0.25) is 9.59 Å². The van der Waals surface area contributed by atoms with Gasteiger partial charge in [-0.1, -0.05) is 18.9 Å². The zero-order valence-electron chi connectivity index (χ0n) is 13.4. The largest absolute Gasteiger partial charge is 0.366 e. The highest BCUT2D eigenvalue weighted by Crippen LogP contribution is 2.27. The van der Waals surface area contributed by atoms with Crippen LogP contribution >= 0.6 is 0 Å². The Bertz CT molecular complexity index is 782. The number of amides is 2. The average Bonchev–Trinajstić information content (AvgIpc) is 3.00. The molecule has 1 aliphatic rings. The van der Waals surface area contributed by atoms with E-state index in [1.807, 2.05) is 6.08 Å². The summed E-state index contributed by atoms with van der Waals surface area (Å²) in [6.45, 7) is 3.81. The van der Waals surface area contributed by atoms with Crippen LogP contribution in [0.15, 0.2) is 31.2 Å². The third-order valence-corrected chi connectivity index (χ3v) is 4.58. The molecule has 3 rings (SSSR count). The molecule has 2 atom stereocenters. The lowest BCUT2D eigenvalue weighted by Crippen LogP contribution is -2.42. The van der Waals surface area contributed by atoms with E-state index in [0.29, 0.717) is 17.1 Å². The Labute approximate surface area is 139 Å². The van der Waals surface area contributed by atoms with E-state index in [-0.39, 0.29) is 17.5 Å². The SMILES string of the molecule is C=CCC1CCCCC1NC(=O)c1cnn2cc(C(N)=O)cnc12. The Morgan fingerprint density at radius 1 is 1.38 bits per heavy atom. The number of aromatic nitrogens is 3. The molecular weight excluding hydrogens is 306 g/mol. The highest BCUT2D eigenvalue weighted by Gasteiger charge is 2.27. The van der Waals surface area contributed by atoms with Crippen LogP contribution in [0.1, 0.15) is 52.8 Å². The van der Waals surface area contributed by atoms with Crippen LogP contribution in [0.3, 0.4) is 0 Å². The number of allylic oxidation sites excluding steroid dienone is 1. The maximum atomic E-state index is 12.6. The maximum Gasteiger partial charge on any atom is 0.256 e. The molecule has 0 aromatic carbocycles. The third-order valence-electron chi connectivity index (χ3n) is 4.58. The van der Waals surface area contributed by atoms with E-state index in [1.165, 1.54) is 29.5 Å². The van der Waals surface area contributed by atoms with Crippen LogP contribution in [-0.4, -0.2) is 32.5 Å². The molecular formula is C17H21N5O2. The average molecular weight is 327 g/mol. The summed E-state index contributed by atoms with van der Waals surface area (Å²) in [6, 6.07) is 0.143. The lowest BCUT2D eigenvalue weighted by Gasteiger charge is -2.31. The van der Waals surface area contributed by atoms with Gasteiger partial charge in [0.1, 0.15) is 5.56 Å². The second-order valence-corrected chi connectivity index (χ2v) is 6.18. The van der Waals surface area contributed by atoms with E-state index in [2.05, 4.69) is 22.0 Å². The van der Waals surface area contributed by atoms with Gasteiger partial charge in [0.25, 0.3) is 11.8 Å². The fraction of sp³-hybridized carbons (Fsp3) is 0.412. The van der Waals surface area contributed by atoms with Crippen molar-refractivity contribution >= 4 is 17.5 Å². The predicted octanol–water partition coefficient (Wildman–Crippen LogP) is 1.69. The monoisotopic (exact) mass is 327 g/mol. The van der Waals surface area contributed by atoms with Crippen LogP contribution in [0, 0.1) is 5.92 Å². The number of hydrogen-bond donors (Lipinski definition) is 2. The minimum atomic E-state index is -0.583. The Morgan fingerprint density at radius 3 is 2.92 bits per heavy atom. The molecule has 0 spiro atoms. The van der Waals surface area contributed by atoms with Gasteiger partial charge in [-0.25, -0.2) is 9.50 Å². The summed E-state index contributed by atoms with van der Waals surface area (Å²) in [7, 11) is 0. The minimum absolute atomic E-state index is 0.143. The molecule has 1 saturated carbocycles. The van der Waals surface area contributed by atoms with Crippen LogP contribution in [0.5, 0.6) is 0 Å². The first-order valence-corrected chi connectivity index (χ1v) is 8.15. The summed E-state index contributed by atoms with van der Waals surface area (Å²) in [5.74, 6) is -0.345. The van der Waals surface area contributed by atoms with Gasteiger partial charge < -0.3 is 11.1 Å². The molecule has 0 radical (unpaired) electrons. The molecule has 3 N–H and O–H groups in total. The second-order valence-electron chi connectivity index (χ2n) is 6.18. The normalized spacial score (nSPS) is 20.7. The van der Waals surface area contributed by atoms with Crippen molar-refractivity contribution in [1.29, 1.82) is 0 Å². The molecule has 7 heteroatoms. The number of nitrogens with one attached hydrogen (secondary N) is 1. The molecule has 1 aliphatic carbocycles. The standard InChI is InChI=1S/C17H21N5O2/c1-2-5-11-6-3-4-7-14(11)21-17(24)13-9-20-22-10-12(15(18)23)8-19-16(13)22/h2,8-11,14H,1,3-7H2,(H2,18,23)(H,21,24). The number of nitrogens with zero attached hydrogens (tertiary/aromatic N) is 3. The number of carbonyl (C=O) groups is 2. The van der Waals surface area contributed by atoms with Crippen molar-refractivity contribution in [2.45, 2.75) is 38.1 Å². The van der Waals surface area contributed by atoms with Crippen molar-refractivity contribution < 1.29 is 9.59 Å². The Balaban J connectivity index is 1.80. The van der Waals surface area contributed by atoms with Crippen molar-refractivity contribution in [3.63, 3.8) is 0 Å². The summed E-state index contributed by atoms with van der Waals surface area (Å²) in [4.78, 5) is 28.0. The molecule has 126 valence electrons. The van der Waals surface area contributed by atoms with Crippen molar-refractivity contribution in [2.24, 2.45) is 11.7 Å². The maximum absolute atomic E-state index is 12.6. The van der Waals surface area contributed by atoms with Crippen molar-refractivity contribution in [3.8, 4) is 0 Å². The summed E-state index contributed by atoms with van der Waals surface area (Å²) < 4.78 is 1.40. The molecule has 0 saturated heterocycles. The summed E-state index contributed by atoms with van der Waals surface area (Å²) >= 11 is 0. The van der Waals surface area contributed by atoms with Crippen LogP contribution in [0.2, 0.25) is 0 Å². The zero-order valence-corrected chi connectivity index (χ0v) is 13.4. The molecule has 0 aliphatic heterocycles. The van der Waals surface area contributed by atoms with Crippen molar-refractivity contribution in [2.75, 3.05) is 0 Å². The molecule has 2 aromatic rings. The molecule has 0 bridgehead atoms. The Hall–Kier alpha value is -2.70. The molecule has 2 unspecified atom stereocenters.